The minimum absolute atomic E-state index is 0.00209. The molecule has 11 nitrogen and oxygen atoms in total. The van der Waals surface area contributed by atoms with E-state index in [9.17, 15) is 14.4 Å². The molecule has 0 bridgehead atoms. The topological polar surface area (TPSA) is 105 Å². The van der Waals surface area contributed by atoms with Crippen LogP contribution in [-0.2, 0) is 28.7 Å². The van der Waals surface area contributed by atoms with Crippen LogP contribution in [0.4, 0.5) is 0 Å². The van der Waals surface area contributed by atoms with Crippen LogP contribution in [0.15, 0.2) is 30.3 Å². The second-order valence-corrected chi connectivity index (χ2v) is 16.9. The zero-order valence-corrected chi connectivity index (χ0v) is 31.2. The maximum absolute atomic E-state index is 14.5. The van der Waals surface area contributed by atoms with Crippen LogP contribution in [0.5, 0.6) is 0 Å². The van der Waals surface area contributed by atoms with Gasteiger partial charge >= 0.3 is 0 Å². The van der Waals surface area contributed by atoms with Crippen LogP contribution in [0.2, 0.25) is 0 Å². The number of aromatic nitrogens is 1. The molecule has 0 N–H and O–H groups in total. The van der Waals surface area contributed by atoms with Crippen molar-refractivity contribution in [3.63, 3.8) is 0 Å². The summed E-state index contributed by atoms with van der Waals surface area (Å²) in [4.78, 5) is 59.7. The molecule has 4 saturated heterocycles. The summed E-state index contributed by atoms with van der Waals surface area (Å²) >= 11 is 1.51. The molecule has 4 aliphatic heterocycles. The number of thiazole rings is 1. The minimum atomic E-state index is -0.844. The van der Waals surface area contributed by atoms with E-state index < -0.39 is 18.3 Å². The summed E-state index contributed by atoms with van der Waals surface area (Å²) in [6, 6.07) is 7.19. The molecule has 50 heavy (non-hydrogen) atoms. The van der Waals surface area contributed by atoms with Crippen molar-refractivity contribution < 1.29 is 28.7 Å². The molecule has 0 radical (unpaired) electrons. The lowest BCUT2D eigenvalue weighted by atomic mass is 9.85. The SMILES string of the molecule is CC(C)C[C@H]1ON(C(=O)/C=C/c2nc3ccccc3s2)[C@H]2CN([C@@H]3CCN(CCCCOC4CCCCO4)C3)C(=O)[C@H](CC(C)(C)C)N2C1=O. The predicted octanol–water partition coefficient (Wildman–Crippen LogP) is 5.70. The second-order valence-electron chi connectivity index (χ2n) is 15.9. The van der Waals surface area contributed by atoms with Crippen LogP contribution >= 0.6 is 11.3 Å². The molecule has 0 spiro atoms. The lowest BCUT2D eigenvalue weighted by Gasteiger charge is -2.54. The Morgan fingerprint density at radius 1 is 1.10 bits per heavy atom. The van der Waals surface area contributed by atoms with Crippen LogP contribution in [0.1, 0.15) is 91.0 Å². The van der Waals surface area contributed by atoms with Crippen molar-refractivity contribution in [1.82, 2.24) is 24.7 Å². The van der Waals surface area contributed by atoms with Gasteiger partial charge in [-0.05, 0) is 87.5 Å². The number of fused-ring (bicyclic) bond motifs is 2. The third-order valence-electron chi connectivity index (χ3n) is 10.0. The summed E-state index contributed by atoms with van der Waals surface area (Å²) in [6.45, 7) is 14.6. The van der Waals surface area contributed by atoms with E-state index in [0.29, 0.717) is 24.5 Å². The average Bonchev–Trinajstić information content (AvgIpc) is 3.72. The van der Waals surface area contributed by atoms with Crippen LogP contribution in [0, 0.1) is 11.3 Å². The smallest absolute Gasteiger partial charge is 0.272 e. The van der Waals surface area contributed by atoms with E-state index in [0.717, 1.165) is 75.0 Å². The van der Waals surface area contributed by atoms with Crippen LogP contribution in [0.25, 0.3) is 16.3 Å². The Morgan fingerprint density at radius 2 is 1.92 bits per heavy atom. The van der Waals surface area contributed by atoms with Crippen molar-refractivity contribution in [3.05, 3.63) is 35.3 Å². The van der Waals surface area contributed by atoms with Crippen molar-refractivity contribution in [1.29, 1.82) is 0 Å². The van der Waals surface area contributed by atoms with E-state index in [2.05, 4.69) is 30.7 Å². The zero-order valence-electron chi connectivity index (χ0n) is 30.4. The van der Waals surface area contributed by atoms with Gasteiger partial charge in [-0.1, -0.05) is 46.8 Å². The lowest BCUT2D eigenvalue weighted by Crippen LogP contribution is -2.74. The number of carbonyl (C=O) groups excluding carboxylic acids is 3. The number of unbranched alkanes of at least 4 members (excludes halogenated alkanes) is 1. The molecule has 1 aromatic heterocycles. The van der Waals surface area contributed by atoms with Gasteiger partial charge in [0.05, 0.1) is 16.8 Å². The first-order chi connectivity index (χ1) is 24.0. The van der Waals surface area contributed by atoms with Gasteiger partial charge in [0.15, 0.2) is 18.6 Å². The summed E-state index contributed by atoms with van der Waals surface area (Å²) in [7, 11) is 0. The molecule has 0 aliphatic carbocycles. The van der Waals surface area contributed by atoms with Crippen molar-refractivity contribution >= 4 is 45.4 Å². The van der Waals surface area contributed by atoms with Gasteiger partial charge in [0, 0.05) is 38.4 Å². The predicted molar refractivity (Wildman–Crippen MR) is 194 cm³/mol. The number of benzene rings is 1. The van der Waals surface area contributed by atoms with Gasteiger partial charge in [-0.25, -0.2) is 4.98 Å². The Balaban J connectivity index is 1.18. The highest BCUT2D eigenvalue weighted by Gasteiger charge is 2.54. The van der Waals surface area contributed by atoms with Crippen molar-refractivity contribution in [3.8, 4) is 0 Å². The fourth-order valence-electron chi connectivity index (χ4n) is 7.59. The van der Waals surface area contributed by atoms with Gasteiger partial charge in [0.2, 0.25) is 5.91 Å². The number of nitrogens with zero attached hydrogens (tertiary/aromatic N) is 5. The quantitative estimate of drug-likeness (QED) is 0.204. The number of carbonyl (C=O) groups is 3. The summed E-state index contributed by atoms with van der Waals surface area (Å²) in [5, 5.41) is 2.09. The molecule has 5 heterocycles. The monoisotopic (exact) mass is 709 g/mol. The van der Waals surface area contributed by atoms with Crippen LogP contribution in [0.3, 0.4) is 0 Å². The van der Waals surface area contributed by atoms with Crippen LogP contribution < -0.4 is 0 Å². The van der Waals surface area contributed by atoms with Gasteiger partial charge in [-0.2, -0.15) is 5.06 Å². The largest absolute Gasteiger partial charge is 0.353 e. The standard InChI is InChI=1S/C38H55N5O6S/c1-26(2)22-30-37(46)42-29(23-38(3,4)5)36(45)41(27-17-19-40(24-27)18-9-11-21-48-35-14-8-10-20-47-35)25-33(42)43(49-30)34(44)16-15-32-39-28-12-6-7-13-31(28)50-32/h6-7,12-13,15-16,26-27,29-30,33,35H,8-11,14,17-25H2,1-5H3/b16-15+/t27-,29+,30-,33+,35?/m1/s1. The Labute approximate surface area is 300 Å². The van der Waals surface area contributed by atoms with Crippen molar-refractivity contribution in [2.24, 2.45) is 11.3 Å². The number of ether oxygens (including phenoxy) is 2. The molecule has 2 aromatic rings. The van der Waals surface area contributed by atoms with E-state index in [4.69, 9.17) is 14.3 Å². The molecule has 6 rings (SSSR count). The summed E-state index contributed by atoms with van der Waals surface area (Å²) < 4.78 is 12.7. The number of rotatable bonds is 12. The van der Waals surface area contributed by atoms with E-state index in [1.807, 2.05) is 43.0 Å². The third-order valence-corrected chi connectivity index (χ3v) is 11.0. The Morgan fingerprint density at radius 3 is 2.66 bits per heavy atom. The molecule has 274 valence electrons. The summed E-state index contributed by atoms with van der Waals surface area (Å²) in [6.07, 6.45) is 8.59. The van der Waals surface area contributed by atoms with Gasteiger partial charge in [0.1, 0.15) is 11.0 Å². The van der Waals surface area contributed by atoms with E-state index in [-0.39, 0.29) is 47.9 Å². The van der Waals surface area contributed by atoms with Gasteiger partial charge in [0.25, 0.3) is 11.8 Å². The van der Waals surface area contributed by atoms with Gasteiger partial charge in [-0.15, -0.1) is 11.3 Å². The number of hydroxylamine groups is 2. The van der Waals surface area contributed by atoms with E-state index >= 15 is 0 Å². The maximum atomic E-state index is 14.5. The maximum Gasteiger partial charge on any atom is 0.272 e. The molecule has 4 aliphatic rings. The summed E-state index contributed by atoms with van der Waals surface area (Å²) in [5.74, 6) is -0.442. The molecular formula is C38H55N5O6S. The average molecular weight is 710 g/mol. The molecule has 12 heteroatoms. The first-order valence-corrected chi connectivity index (χ1v) is 19.4. The fourth-order valence-corrected chi connectivity index (χ4v) is 8.46. The summed E-state index contributed by atoms with van der Waals surface area (Å²) in [5.41, 5.74) is 0.653. The fraction of sp³-hybridized carbons (Fsp3) is 0.684. The van der Waals surface area contributed by atoms with Crippen LogP contribution in [-0.4, -0.2) is 113 Å². The number of para-hydroxylation sites is 1. The number of piperazine rings is 1. The molecule has 4 fully saturated rings. The molecular weight excluding hydrogens is 655 g/mol. The molecule has 3 amide bonds. The van der Waals surface area contributed by atoms with Gasteiger partial charge in [-0.3, -0.25) is 19.2 Å². The molecule has 1 aromatic carbocycles. The third kappa shape index (κ3) is 8.93. The Bertz CT molecular complexity index is 1480. The van der Waals surface area contributed by atoms with Crippen molar-refractivity contribution in [2.45, 2.75) is 117 Å². The Hall–Kier alpha value is -2.90. The number of amides is 3. The lowest BCUT2D eigenvalue weighted by molar-refractivity contribution is -0.275. The zero-order chi connectivity index (χ0) is 35.4. The highest BCUT2D eigenvalue weighted by Crippen LogP contribution is 2.36. The van der Waals surface area contributed by atoms with Gasteiger partial charge < -0.3 is 24.2 Å². The number of hydrogen-bond donors (Lipinski definition) is 0. The van der Waals surface area contributed by atoms with E-state index in [1.165, 1.54) is 22.5 Å². The highest BCUT2D eigenvalue weighted by molar-refractivity contribution is 7.19. The van der Waals surface area contributed by atoms with Crippen molar-refractivity contribution in [2.75, 3.05) is 39.4 Å². The van der Waals surface area contributed by atoms with E-state index in [1.54, 1.807) is 11.0 Å². The number of hydrogen-bond acceptors (Lipinski definition) is 9. The highest BCUT2D eigenvalue weighted by atomic mass is 32.1. The normalized spacial score (nSPS) is 26.9. The Kier molecular flexibility index (Phi) is 11.9. The second kappa shape index (κ2) is 16.2. The molecule has 0 saturated carbocycles. The molecule has 5 atom stereocenters. The number of likely N-dealkylation sites (tertiary alicyclic amines) is 1. The minimum Gasteiger partial charge on any atom is -0.353 e. The first-order valence-electron chi connectivity index (χ1n) is 18.6. The first kappa shape index (κ1) is 36.9. The molecule has 1 unspecified atom stereocenters.